The monoisotopic (exact) mass is 576 g/mol. The Balaban J connectivity index is 1.38. The fourth-order valence-corrected chi connectivity index (χ4v) is 6.78. The van der Waals surface area contributed by atoms with Gasteiger partial charge in [0.1, 0.15) is 11.2 Å². The van der Waals surface area contributed by atoms with E-state index in [1.807, 2.05) is 109 Å². The van der Waals surface area contributed by atoms with Crippen molar-refractivity contribution >= 4 is 43.5 Å². The molecule has 1 nitrogen and oxygen atoms in total. The summed E-state index contributed by atoms with van der Waals surface area (Å²) in [5.74, 6) is 0. The van der Waals surface area contributed by atoms with E-state index in [0.717, 1.165) is 65.7 Å². The molecule has 0 atom stereocenters. The van der Waals surface area contributed by atoms with Gasteiger partial charge in [-0.1, -0.05) is 164 Å². The minimum Gasteiger partial charge on any atom is -0.455 e. The van der Waals surface area contributed by atoms with Gasteiger partial charge in [0.15, 0.2) is 0 Å². The zero-order valence-corrected chi connectivity index (χ0v) is 24.3. The van der Waals surface area contributed by atoms with Crippen LogP contribution in [0.15, 0.2) is 174 Å². The van der Waals surface area contributed by atoms with Gasteiger partial charge in [0.2, 0.25) is 0 Å². The second-order valence-corrected chi connectivity index (χ2v) is 11.3. The number of hydrogen-bond acceptors (Lipinski definition) is 1. The summed E-state index contributed by atoms with van der Waals surface area (Å²) >= 11 is 0. The Hall–Kier alpha value is -5.92. The normalized spacial score (nSPS) is 12.8. The Morgan fingerprint density at radius 2 is 0.778 bits per heavy atom. The molecule has 1 heteroatoms. The highest BCUT2D eigenvalue weighted by molar-refractivity contribution is 6.21. The second-order valence-electron chi connectivity index (χ2n) is 11.3. The molecule has 1 aromatic heterocycles. The van der Waals surface area contributed by atoms with Gasteiger partial charge in [0, 0.05) is 21.9 Å². The molecular formula is C44H28O. The highest BCUT2D eigenvalue weighted by atomic mass is 16.3. The van der Waals surface area contributed by atoms with Crippen LogP contribution < -0.4 is 0 Å². The second kappa shape index (κ2) is 10.4. The molecule has 0 N–H and O–H groups in total. The summed E-state index contributed by atoms with van der Waals surface area (Å²) in [6.45, 7) is 0. The van der Waals surface area contributed by atoms with Crippen molar-refractivity contribution < 1.29 is 9.90 Å². The van der Waals surface area contributed by atoms with E-state index in [0.29, 0.717) is 16.7 Å². The predicted octanol–water partition coefficient (Wildman–Crippen LogP) is 12.6. The van der Waals surface area contributed by atoms with Crippen molar-refractivity contribution in [2.24, 2.45) is 0 Å². The molecule has 210 valence electrons. The van der Waals surface area contributed by atoms with Crippen molar-refractivity contribution in [2.75, 3.05) is 0 Å². The first-order chi connectivity index (χ1) is 24.0. The Morgan fingerprint density at radius 1 is 0.356 bits per heavy atom. The summed E-state index contributed by atoms with van der Waals surface area (Å²) in [5, 5.41) is 5.58. The van der Waals surface area contributed by atoms with E-state index in [9.17, 15) is 2.74 Å². The molecule has 0 spiro atoms. The Labute approximate surface area is 267 Å². The molecular weight excluding hydrogens is 544 g/mol. The maximum atomic E-state index is 9.79. The molecule has 8 aromatic carbocycles. The number of fused-ring (bicyclic) bond motifs is 5. The molecule has 45 heavy (non-hydrogen) atoms. The van der Waals surface area contributed by atoms with Crippen molar-refractivity contribution in [3.8, 4) is 44.5 Å². The van der Waals surface area contributed by atoms with Gasteiger partial charge < -0.3 is 4.42 Å². The molecule has 0 aliphatic carbocycles. The maximum absolute atomic E-state index is 9.79. The predicted molar refractivity (Wildman–Crippen MR) is 190 cm³/mol. The zero-order chi connectivity index (χ0) is 33.2. The van der Waals surface area contributed by atoms with Crippen molar-refractivity contribution in [1.29, 1.82) is 0 Å². The van der Waals surface area contributed by atoms with Crippen molar-refractivity contribution in [2.45, 2.75) is 0 Å². The van der Waals surface area contributed by atoms with Crippen molar-refractivity contribution in [3.63, 3.8) is 0 Å². The molecule has 0 amide bonds. The van der Waals surface area contributed by atoms with Crippen LogP contribution in [0.3, 0.4) is 0 Å². The number of rotatable bonds is 4. The summed E-state index contributed by atoms with van der Waals surface area (Å²) < 4.78 is 44.0. The fraction of sp³-hybridized carbons (Fsp3) is 0. The molecule has 9 aromatic rings. The first kappa shape index (κ1) is 21.7. The lowest BCUT2D eigenvalue weighted by Gasteiger charge is -2.18. The van der Waals surface area contributed by atoms with Gasteiger partial charge >= 0.3 is 0 Å². The van der Waals surface area contributed by atoms with Crippen LogP contribution in [0.2, 0.25) is 0 Å². The van der Waals surface area contributed by atoms with Crippen LogP contribution >= 0.6 is 0 Å². The summed E-state index contributed by atoms with van der Waals surface area (Å²) in [6.07, 6.45) is 0. The van der Waals surface area contributed by atoms with Gasteiger partial charge in [-0.15, -0.1) is 0 Å². The van der Waals surface area contributed by atoms with E-state index in [4.69, 9.17) is 7.16 Å². The molecule has 0 bridgehead atoms. The molecule has 0 unspecified atom stereocenters. The summed E-state index contributed by atoms with van der Waals surface area (Å²) in [7, 11) is 0. The molecule has 0 saturated heterocycles. The number of hydrogen-bond donors (Lipinski definition) is 0. The average molecular weight is 577 g/mol. The topological polar surface area (TPSA) is 13.1 Å². The third kappa shape index (κ3) is 4.09. The van der Waals surface area contributed by atoms with Crippen LogP contribution in [0.4, 0.5) is 0 Å². The van der Waals surface area contributed by atoms with Crippen LogP contribution in [0, 0.1) is 0 Å². The van der Waals surface area contributed by atoms with Gasteiger partial charge in [-0.3, -0.25) is 0 Å². The SMILES string of the molecule is [2H]c1c([2H])c(-c2c3ccccc3c(-c3ccccc3)c3ccccc23)c([2H])c(-c2cccc3c2oc2c(-c4ccccc4)cccc23)c1[2H]. The van der Waals surface area contributed by atoms with Crippen molar-refractivity contribution in [1.82, 2.24) is 0 Å². The van der Waals surface area contributed by atoms with Gasteiger partial charge in [-0.05, 0) is 61.0 Å². The van der Waals surface area contributed by atoms with Gasteiger partial charge in [0.05, 0.1) is 5.48 Å². The Kier molecular flexibility index (Phi) is 5.00. The van der Waals surface area contributed by atoms with Gasteiger partial charge in [-0.2, -0.15) is 0 Å². The largest absolute Gasteiger partial charge is 0.455 e. The average Bonchev–Trinajstić information content (AvgIpc) is 3.54. The van der Waals surface area contributed by atoms with E-state index < -0.39 is 0 Å². The molecule has 0 radical (unpaired) electrons. The molecule has 1 heterocycles. The first-order valence-corrected chi connectivity index (χ1v) is 15.1. The van der Waals surface area contributed by atoms with E-state index in [2.05, 4.69) is 36.4 Å². The molecule has 0 aliphatic heterocycles. The standard InChI is InChI=1S/C44H28O/c1-3-14-29(15-4-1)33-24-12-26-39-40-27-13-25-34(44(40)45-43(33)39)31-18-11-19-32(28-31)42-37-22-9-7-20-35(37)41(30-16-5-2-6-17-30)36-21-8-10-23-38(36)42/h1-28H/i11D,18D,19D,28D. The van der Waals surface area contributed by atoms with Gasteiger partial charge in [-0.25, -0.2) is 0 Å². The number of furan rings is 1. The Bertz CT molecular complexity index is 2690. The lowest BCUT2D eigenvalue weighted by atomic mass is 9.85. The number of para-hydroxylation sites is 2. The first-order valence-electron chi connectivity index (χ1n) is 17.1. The van der Waals surface area contributed by atoms with Crippen LogP contribution in [-0.4, -0.2) is 0 Å². The van der Waals surface area contributed by atoms with E-state index in [1.165, 1.54) is 0 Å². The van der Waals surface area contributed by atoms with E-state index >= 15 is 0 Å². The van der Waals surface area contributed by atoms with Crippen LogP contribution in [-0.2, 0) is 0 Å². The summed E-state index contributed by atoms with van der Waals surface area (Å²) in [5.41, 5.74) is 7.33. The van der Waals surface area contributed by atoms with E-state index in [1.54, 1.807) is 0 Å². The Morgan fingerprint density at radius 3 is 1.33 bits per heavy atom. The third-order valence-corrected chi connectivity index (χ3v) is 8.75. The molecule has 9 rings (SSSR count). The quantitative estimate of drug-likeness (QED) is 0.190. The molecule has 0 fully saturated rings. The highest BCUT2D eigenvalue weighted by Gasteiger charge is 2.18. The van der Waals surface area contributed by atoms with E-state index in [-0.39, 0.29) is 29.7 Å². The third-order valence-electron chi connectivity index (χ3n) is 8.75. The minimum absolute atomic E-state index is 0.0324. The van der Waals surface area contributed by atoms with Crippen LogP contribution in [0.25, 0.3) is 88.0 Å². The lowest BCUT2D eigenvalue weighted by molar-refractivity contribution is 0.671. The summed E-state index contributed by atoms with van der Waals surface area (Å²) in [4.78, 5) is 0. The number of benzene rings is 8. The lowest BCUT2D eigenvalue weighted by Crippen LogP contribution is -1.91. The van der Waals surface area contributed by atoms with Gasteiger partial charge in [0.25, 0.3) is 0 Å². The minimum atomic E-state index is -0.223. The zero-order valence-electron chi connectivity index (χ0n) is 28.3. The summed E-state index contributed by atoms with van der Waals surface area (Å²) in [6, 6.07) is 47.9. The van der Waals surface area contributed by atoms with Crippen LogP contribution in [0.5, 0.6) is 0 Å². The highest BCUT2D eigenvalue weighted by Crippen LogP contribution is 2.45. The smallest absolute Gasteiger partial charge is 0.143 e. The van der Waals surface area contributed by atoms with Crippen LogP contribution in [0.1, 0.15) is 5.48 Å². The fourth-order valence-electron chi connectivity index (χ4n) is 6.78. The van der Waals surface area contributed by atoms with Crippen molar-refractivity contribution in [3.05, 3.63) is 170 Å². The maximum Gasteiger partial charge on any atom is 0.143 e. The molecule has 0 saturated carbocycles. The molecule has 0 aliphatic rings.